The maximum atomic E-state index is 12.3. The summed E-state index contributed by atoms with van der Waals surface area (Å²) in [5.41, 5.74) is 5.34. The summed E-state index contributed by atoms with van der Waals surface area (Å²) in [7, 11) is 0. The molecule has 1 aliphatic carbocycles. The maximum Gasteiger partial charge on any atom is 0.251 e. The molecule has 0 aliphatic heterocycles. The third-order valence-electron chi connectivity index (χ3n) is 4.22. The fraction of sp³-hybridized carbons (Fsp3) is 0.222. The van der Waals surface area contributed by atoms with E-state index in [1.165, 1.54) is 17.5 Å². The smallest absolute Gasteiger partial charge is 0.251 e. The molecule has 4 heteroatoms. The van der Waals surface area contributed by atoms with Crippen molar-refractivity contribution in [2.24, 2.45) is 0 Å². The van der Waals surface area contributed by atoms with Crippen LogP contribution in [0.15, 0.2) is 42.5 Å². The van der Waals surface area contributed by atoms with Crippen LogP contribution in [0.1, 0.15) is 33.7 Å². The predicted octanol–water partition coefficient (Wildman–Crippen LogP) is 2.98. The van der Waals surface area contributed by atoms with Crippen molar-refractivity contribution < 1.29 is 4.79 Å². The Kier molecular flexibility index (Phi) is 3.15. The van der Waals surface area contributed by atoms with Crippen LogP contribution in [0.3, 0.4) is 0 Å². The van der Waals surface area contributed by atoms with E-state index in [9.17, 15) is 4.79 Å². The number of aromatic amines is 1. The van der Waals surface area contributed by atoms with Crippen LogP contribution in [0.2, 0.25) is 0 Å². The third kappa shape index (κ3) is 2.37. The number of fused-ring (bicyclic) bond motifs is 2. The summed E-state index contributed by atoms with van der Waals surface area (Å²) in [4.78, 5) is 20.0. The second kappa shape index (κ2) is 5.30. The van der Waals surface area contributed by atoms with Crippen molar-refractivity contribution in [2.45, 2.75) is 25.8 Å². The summed E-state index contributed by atoms with van der Waals surface area (Å²) < 4.78 is 0. The SMILES string of the molecule is O=C(NCc1nc2ccccc2[nH]1)c1ccc2c(c1)CCC2. The number of aromatic nitrogens is 2. The topological polar surface area (TPSA) is 57.8 Å². The number of H-pyrrole nitrogens is 1. The Morgan fingerprint density at radius 1 is 1.14 bits per heavy atom. The van der Waals surface area contributed by atoms with Crippen LogP contribution in [0.5, 0.6) is 0 Å². The fourth-order valence-electron chi connectivity index (χ4n) is 3.07. The zero-order chi connectivity index (χ0) is 14.9. The van der Waals surface area contributed by atoms with Gasteiger partial charge in [0.15, 0.2) is 0 Å². The Bertz CT molecular complexity index is 817. The Morgan fingerprint density at radius 3 is 2.91 bits per heavy atom. The number of hydrogen-bond donors (Lipinski definition) is 2. The van der Waals surface area contributed by atoms with E-state index in [1.807, 2.05) is 36.4 Å². The average molecular weight is 291 g/mol. The molecule has 1 amide bonds. The summed E-state index contributed by atoms with van der Waals surface area (Å²) in [5.74, 6) is 0.728. The van der Waals surface area contributed by atoms with Crippen molar-refractivity contribution in [1.82, 2.24) is 15.3 Å². The molecule has 0 atom stereocenters. The Morgan fingerprint density at radius 2 is 2.00 bits per heavy atom. The van der Waals surface area contributed by atoms with Gasteiger partial charge in [0.1, 0.15) is 5.82 Å². The molecule has 0 spiro atoms. The van der Waals surface area contributed by atoms with E-state index < -0.39 is 0 Å². The summed E-state index contributed by atoms with van der Waals surface area (Å²) in [6.07, 6.45) is 3.41. The van der Waals surface area contributed by atoms with Crippen molar-refractivity contribution in [3.8, 4) is 0 Å². The zero-order valence-electron chi connectivity index (χ0n) is 12.2. The molecule has 0 radical (unpaired) electrons. The van der Waals surface area contributed by atoms with Crippen LogP contribution < -0.4 is 5.32 Å². The van der Waals surface area contributed by atoms with E-state index in [1.54, 1.807) is 0 Å². The molecule has 2 N–H and O–H groups in total. The molecule has 0 fully saturated rings. The highest BCUT2D eigenvalue weighted by Gasteiger charge is 2.14. The van der Waals surface area contributed by atoms with Crippen molar-refractivity contribution in [3.63, 3.8) is 0 Å². The van der Waals surface area contributed by atoms with Gasteiger partial charge in [-0.3, -0.25) is 4.79 Å². The second-order valence-corrected chi connectivity index (χ2v) is 5.72. The maximum absolute atomic E-state index is 12.3. The Labute approximate surface area is 128 Å². The number of hydrogen-bond acceptors (Lipinski definition) is 2. The minimum absolute atomic E-state index is 0.0462. The van der Waals surface area contributed by atoms with Crippen LogP contribution in [-0.4, -0.2) is 15.9 Å². The highest BCUT2D eigenvalue weighted by Crippen LogP contribution is 2.22. The van der Waals surface area contributed by atoms with E-state index in [0.29, 0.717) is 6.54 Å². The van der Waals surface area contributed by atoms with Gasteiger partial charge < -0.3 is 10.3 Å². The molecule has 1 aliphatic rings. The lowest BCUT2D eigenvalue weighted by molar-refractivity contribution is 0.0950. The molecule has 0 saturated carbocycles. The molecule has 4 rings (SSSR count). The van der Waals surface area contributed by atoms with Gasteiger partial charge in [-0.2, -0.15) is 0 Å². The number of carbonyl (C=O) groups excluding carboxylic acids is 1. The number of imidazole rings is 1. The van der Waals surface area contributed by atoms with Gasteiger partial charge in [0.05, 0.1) is 17.6 Å². The average Bonchev–Trinajstić information content (AvgIpc) is 3.17. The minimum Gasteiger partial charge on any atom is -0.345 e. The molecular formula is C18H17N3O. The summed E-state index contributed by atoms with van der Waals surface area (Å²) in [6, 6.07) is 13.9. The summed E-state index contributed by atoms with van der Waals surface area (Å²) in [6.45, 7) is 0.407. The van der Waals surface area contributed by atoms with Gasteiger partial charge in [0.2, 0.25) is 0 Å². The van der Waals surface area contributed by atoms with Gasteiger partial charge in [-0.15, -0.1) is 0 Å². The normalized spacial score (nSPS) is 13.3. The lowest BCUT2D eigenvalue weighted by atomic mass is 10.1. The van der Waals surface area contributed by atoms with E-state index in [0.717, 1.165) is 35.3 Å². The van der Waals surface area contributed by atoms with Crippen LogP contribution >= 0.6 is 0 Å². The molecule has 1 heterocycles. The number of rotatable bonds is 3. The van der Waals surface area contributed by atoms with Crippen LogP contribution in [0.25, 0.3) is 11.0 Å². The lowest BCUT2D eigenvalue weighted by Gasteiger charge is -2.05. The summed E-state index contributed by atoms with van der Waals surface area (Å²) in [5, 5.41) is 2.93. The molecule has 22 heavy (non-hydrogen) atoms. The van der Waals surface area contributed by atoms with E-state index in [-0.39, 0.29) is 5.91 Å². The van der Waals surface area contributed by atoms with Gasteiger partial charge in [0.25, 0.3) is 5.91 Å². The van der Waals surface area contributed by atoms with Gasteiger partial charge >= 0.3 is 0 Å². The van der Waals surface area contributed by atoms with Crippen molar-refractivity contribution in [2.75, 3.05) is 0 Å². The van der Waals surface area contributed by atoms with Crippen molar-refractivity contribution in [3.05, 3.63) is 65.0 Å². The van der Waals surface area contributed by atoms with Gasteiger partial charge in [-0.25, -0.2) is 4.98 Å². The molecule has 2 aromatic carbocycles. The number of nitrogens with zero attached hydrogens (tertiary/aromatic N) is 1. The lowest BCUT2D eigenvalue weighted by Crippen LogP contribution is -2.23. The van der Waals surface area contributed by atoms with E-state index in [2.05, 4.69) is 21.4 Å². The first-order valence-electron chi connectivity index (χ1n) is 7.63. The Balaban J connectivity index is 1.47. The van der Waals surface area contributed by atoms with Gasteiger partial charge in [0, 0.05) is 5.56 Å². The Hall–Kier alpha value is -2.62. The molecule has 0 bridgehead atoms. The largest absolute Gasteiger partial charge is 0.345 e. The van der Waals surface area contributed by atoms with Crippen molar-refractivity contribution >= 4 is 16.9 Å². The van der Waals surface area contributed by atoms with Crippen LogP contribution in [0.4, 0.5) is 0 Å². The first-order chi connectivity index (χ1) is 10.8. The highest BCUT2D eigenvalue weighted by atomic mass is 16.1. The number of amides is 1. The quantitative estimate of drug-likeness (QED) is 0.779. The molecule has 0 saturated heterocycles. The number of benzene rings is 2. The van der Waals surface area contributed by atoms with E-state index in [4.69, 9.17) is 0 Å². The van der Waals surface area contributed by atoms with E-state index >= 15 is 0 Å². The van der Waals surface area contributed by atoms with Gasteiger partial charge in [-0.1, -0.05) is 18.2 Å². The molecule has 110 valence electrons. The van der Waals surface area contributed by atoms with Crippen LogP contribution in [-0.2, 0) is 19.4 Å². The fourth-order valence-corrected chi connectivity index (χ4v) is 3.07. The first kappa shape index (κ1) is 13.1. The monoisotopic (exact) mass is 291 g/mol. The van der Waals surface area contributed by atoms with Gasteiger partial charge in [-0.05, 0) is 54.7 Å². The van der Waals surface area contributed by atoms with Crippen molar-refractivity contribution in [1.29, 1.82) is 0 Å². The number of aryl methyl sites for hydroxylation is 2. The minimum atomic E-state index is -0.0462. The summed E-state index contributed by atoms with van der Waals surface area (Å²) >= 11 is 0. The predicted molar refractivity (Wildman–Crippen MR) is 85.7 cm³/mol. The third-order valence-corrected chi connectivity index (χ3v) is 4.22. The number of carbonyl (C=O) groups is 1. The number of para-hydroxylation sites is 2. The molecule has 1 aromatic heterocycles. The number of nitrogens with one attached hydrogen (secondary N) is 2. The van der Waals surface area contributed by atoms with Crippen LogP contribution in [0, 0.1) is 0 Å². The first-order valence-corrected chi connectivity index (χ1v) is 7.63. The molecular weight excluding hydrogens is 274 g/mol. The molecule has 3 aromatic rings. The molecule has 0 unspecified atom stereocenters. The molecule has 4 nitrogen and oxygen atoms in total. The highest BCUT2D eigenvalue weighted by molar-refractivity contribution is 5.94. The second-order valence-electron chi connectivity index (χ2n) is 5.72. The standard InChI is InChI=1S/C18H17N3O/c22-18(14-9-8-12-4-3-5-13(12)10-14)19-11-17-20-15-6-1-2-7-16(15)21-17/h1-2,6-10H,3-5,11H2,(H,19,22)(H,20,21). The zero-order valence-corrected chi connectivity index (χ0v) is 12.2.